The van der Waals surface area contributed by atoms with Gasteiger partial charge in [-0.2, -0.15) is 10.4 Å². The Morgan fingerprint density at radius 2 is 1.80 bits per heavy atom. The van der Waals surface area contributed by atoms with Crippen LogP contribution in [0.25, 0.3) is 11.3 Å². The van der Waals surface area contributed by atoms with Gasteiger partial charge in [-0.15, -0.1) is 0 Å². The van der Waals surface area contributed by atoms with Crippen LogP contribution in [-0.4, -0.2) is 21.9 Å². The molecule has 2 N–H and O–H groups in total. The number of hydrogen-bond acceptors (Lipinski definition) is 4. The van der Waals surface area contributed by atoms with Crippen LogP contribution >= 0.6 is 0 Å². The van der Waals surface area contributed by atoms with Crippen molar-refractivity contribution in [1.82, 2.24) is 15.5 Å². The highest BCUT2D eigenvalue weighted by Gasteiger charge is 2.14. The van der Waals surface area contributed by atoms with E-state index in [-0.39, 0.29) is 17.3 Å². The summed E-state index contributed by atoms with van der Waals surface area (Å²) >= 11 is 0. The van der Waals surface area contributed by atoms with Crippen LogP contribution < -0.4 is 5.32 Å². The molecule has 0 spiro atoms. The van der Waals surface area contributed by atoms with Crippen molar-refractivity contribution in [3.63, 3.8) is 0 Å². The minimum atomic E-state index is -0.438. The maximum absolute atomic E-state index is 13.1. The van der Waals surface area contributed by atoms with Crippen molar-refractivity contribution in [3.05, 3.63) is 71.8 Å². The van der Waals surface area contributed by atoms with Gasteiger partial charge >= 0.3 is 0 Å². The summed E-state index contributed by atoms with van der Waals surface area (Å²) in [7, 11) is 0. The molecule has 0 aliphatic carbocycles. The van der Waals surface area contributed by atoms with Gasteiger partial charge in [0.25, 0.3) is 5.91 Å². The second-order valence-electron chi connectivity index (χ2n) is 6.84. The molecule has 1 amide bonds. The van der Waals surface area contributed by atoms with Gasteiger partial charge in [0.2, 0.25) is 0 Å². The summed E-state index contributed by atoms with van der Waals surface area (Å²) in [6, 6.07) is 14.8. The Morgan fingerprint density at radius 1 is 1.17 bits per heavy atom. The summed E-state index contributed by atoms with van der Waals surface area (Å²) in [5.41, 5.74) is 1.66. The second-order valence-corrected chi connectivity index (χ2v) is 6.84. The second kappa shape index (κ2) is 9.56. The maximum atomic E-state index is 13.1. The zero-order chi connectivity index (χ0) is 21.5. The molecule has 6 nitrogen and oxygen atoms in total. The molecule has 1 aromatic heterocycles. The summed E-state index contributed by atoms with van der Waals surface area (Å²) in [5, 5.41) is 18.6. The Bertz CT molecular complexity index is 1080. The largest absolute Gasteiger partial charge is 0.310 e. The van der Waals surface area contributed by atoms with Crippen LogP contribution in [0.1, 0.15) is 30.1 Å². The average Bonchev–Trinajstić information content (AvgIpc) is 3.17. The average molecular weight is 407 g/mol. The minimum Gasteiger partial charge on any atom is -0.310 e. The molecule has 8 heteroatoms. The van der Waals surface area contributed by atoms with Crippen LogP contribution in [0.2, 0.25) is 0 Å². The number of halogens is 2. The lowest BCUT2D eigenvalue weighted by atomic mass is 10.0. The molecule has 0 aliphatic heterocycles. The lowest BCUT2D eigenvalue weighted by molar-refractivity contribution is 0.0976. The Balaban J connectivity index is 1.83. The molecular weight excluding hydrogens is 388 g/mol. The van der Waals surface area contributed by atoms with Gasteiger partial charge in [-0.3, -0.25) is 9.89 Å². The molecule has 1 heterocycles. The SMILES string of the molecule is CC(CC#N)CC(=Nc1cc(-c2ccc(F)cc2)[nH]n1)NC(=O)c1ccc(F)cc1. The zero-order valence-corrected chi connectivity index (χ0v) is 16.2. The third-order valence-corrected chi connectivity index (χ3v) is 4.31. The standard InChI is InChI=1S/C22H19F2N5O/c1-14(10-11-25)12-20(27-22(30)16-4-8-18(24)9-5-16)26-21-13-19(28-29-21)15-2-6-17(23)7-3-15/h2-9,13-14H,10,12H2,1H3,(H2,26,27,28,29,30). The Morgan fingerprint density at radius 3 is 2.43 bits per heavy atom. The Kier molecular flexibility index (Phi) is 6.65. The zero-order valence-electron chi connectivity index (χ0n) is 16.2. The molecule has 3 rings (SSSR count). The number of carbonyl (C=O) groups excluding carboxylic acids is 1. The first kappa shape index (κ1) is 20.9. The number of amides is 1. The van der Waals surface area contributed by atoms with Gasteiger partial charge < -0.3 is 5.32 Å². The molecule has 1 atom stereocenters. The van der Waals surface area contributed by atoms with E-state index in [1.54, 1.807) is 18.2 Å². The molecule has 2 aromatic carbocycles. The molecule has 0 bridgehead atoms. The number of hydrogen-bond donors (Lipinski definition) is 2. The predicted molar refractivity (Wildman–Crippen MR) is 109 cm³/mol. The first-order valence-electron chi connectivity index (χ1n) is 9.27. The molecule has 152 valence electrons. The summed E-state index contributed by atoms with van der Waals surface area (Å²) in [4.78, 5) is 16.9. The minimum absolute atomic E-state index is 0.0437. The predicted octanol–water partition coefficient (Wildman–Crippen LogP) is 4.75. The molecular formula is C22H19F2N5O. The van der Waals surface area contributed by atoms with Crippen LogP contribution in [0.4, 0.5) is 14.6 Å². The Labute approximate surface area is 172 Å². The number of amidine groups is 1. The van der Waals surface area contributed by atoms with Crippen LogP contribution in [0.3, 0.4) is 0 Å². The quantitative estimate of drug-likeness (QED) is 0.456. The Hall–Kier alpha value is -3.86. The first-order valence-corrected chi connectivity index (χ1v) is 9.27. The molecule has 0 saturated heterocycles. The molecule has 0 radical (unpaired) electrons. The summed E-state index contributed by atoms with van der Waals surface area (Å²) in [6.07, 6.45) is 0.645. The third-order valence-electron chi connectivity index (χ3n) is 4.31. The van der Waals surface area contributed by atoms with Crippen molar-refractivity contribution in [1.29, 1.82) is 5.26 Å². The number of nitrogens with zero attached hydrogens (tertiary/aromatic N) is 3. The van der Waals surface area contributed by atoms with E-state index in [1.165, 1.54) is 36.4 Å². The van der Waals surface area contributed by atoms with E-state index in [2.05, 4.69) is 26.6 Å². The van der Waals surface area contributed by atoms with Crippen molar-refractivity contribution < 1.29 is 13.6 Å². The number of aliphatic imine (C=N–C) groups is 1. The van der Waals surface area contributed by atoms with Gasteiger partial charge in [0.15, 0.2) is 5.82 Å². The van der Waals surface area contributed by atoms with Crippen LogP contribution in [0.15, 0.2) is 59.6 Å². The smallest absolute Gasteiger partial charge is 0.256 e. The number of rotatable bonds is 6. The van der Waals surface area contributed by atoms with Gasteiger partial charge in [-0.25, -0.2) is 13.8 Å². The van der Waals surface area contributed by atoms with E-state index in [0.717, 1.165) is 5.56 Å². The third kappa shape index (κ3) is 5.58. The first-order chi connectivity index (χ1) is 14.4. The molecule has 30 heavy (non-hydrogen) atoms. The van der Waals surface area contributed by atoms with E-state index >= 15 is 0 Å². The van der Waals surface area contributed by atoms with E-state index < -0.39 is 11.7 Å². The number of H-pyrrole nitrogens is 1. The van der Waals surface area contributed by atoms with Crippen LogP contribution in [0.5, 0.6) is 0 Å². The molecule has 0 fully saturated rings. The number of carbonyl (C=O) groups is 1. The van der Waals surface area contributed by atoms with Crippen molar-refractivity contribution >= 4 is 17.6 Å². The lowest BCUT2D eigenvalue weighted by Gasteiger charge is -2.12. The fraction of sp³-hybridized carbons (Fsp3) is 0.182. The summed E-state index contributed by atoms with van der Waals surface area (Å²) in [5.74, 6) is -0.594. The highest BCUT2D eigenvalue weighted by molar-refractivity contribution is 6.07. The van der Waals surface area contributed by atoms with Gasteiger partial charge in [-0.05, 0) is 60.0 Å². The molecule has 0 aliphatic rings. The molecule has 1 unspecified atom stereocenters. The monoisotopic (exact) mass is 407 g/mol. The molecule has 0 saturated carbocycles. The fourth-order valence-corrected chi connectivity index (χ4v) is 2.77. The number of aromatic nitrogens is 2. The van der Waals surface area contributed by atoms with Gasteiger partial charge in [0, 0.05) is 24.5 Å². The van der Waals surface area contributed by atoms with Crippen molar-refractivity contribution in [2.75, 3.05) is 0 Å². The van der Waals surface area contributed by atoms with Crippen molar-refractivity contribution in [2.45, 2.75) is 19.8 Å². The number of aromatic amines is 1. The van der Waals surface area contributed by atoms with Gasteiger partial charge in [0.05, 0.1) is 11.8 Å². The van der Waals surface area contributed by atoms with E-state index in [1.807, 2.05) is 6.92 Å². The summed E-state index contributed by atoms with van der Waals surface area (Å²) in [6.45, 7) is 1.87. The highest BCUT2D eigenvalue weighted by Crippen LogP contribution is 2.22. The topological polar surface area (TPSA) is 93.9 Å². The van der Waals surface area contributed by atoms with E-state index in [9.17, 15) is 13.6 Å². The van der Waals surface area contributed by atoms with Gasteiger partial charge in [-0.1, -0.05) is 6.92 Å². The van der Waals surface area contributed by atoms with Crippen LogP contribution in [0, 0.1) is 28.9 Å². The normalized spacial score (nSPS) is 12.3. The molecule has 3 aromatic rings. The van der Waals surface area contributed by atoms with Crippen molar-refractivity contribution in [2.24, 2.45) is 10.9 Å². The van der Waals surface area contributed by atoms with Crippen molar-refractivity contribution in [3.8, 4) is 17.3 Å². The highest BCUT2D eigenvalue weighted by atomic mass is 19.1. The number of nitrogens with one attached hydrogen (secondary N) is 2. The maximum Gasteiger partial charge on any atom is 0.256 e. The number of benzene rings is 2. The van der Waals surface area contributed by atoms with Gasteiger partial charge in [0.1, 0.15) is 17.5 Å². The number of nitriles is 1. The van der Waals surface area contributed by atoms with Crippen LogP contribution in [-0.2, 0) is 0 Å². The van der Waals surface area contributed by atoms with E-state index in [4.69, 9.17) is 5.26 Å². The van der Waals surface area contributed by atoms with E-state index in [0.29, 0.717) is 30.2 Å². The summed E-state index contributed by atoms with van der Waals surface area (Å²) < 4.78 is 26.2. The fourth-order valence-electron chi connectivity index (χ4n) is 2.77. The lowest BCUT2D eigenvalue weighted by Crippen LogP contribution is -2.31.